The number of hydrogen-bond donors (Lipinski definition) is 2. The van der Waals surface area contributed by atoms with Crippen LogP contribution in [-0.4, -0.2) is 73.6 Å². The summed E-state index contributed by atoms with van der Waals surface area (Å²) in [5.74, 6) is -1.28. The van der Waals surface area contributed by atoms with E-state index in [1.807, 2.05) is 60.7 Å². The second kappa shape index (κ2) is 16.7. The van der Waals surface area contributed by atoms with Crippen LogP contribution in [0.5, 0.6) is 0 Å². The first-order chi connectivity index (χ1) is 19.5. The Morgan fingerprint density at radius 1 is 0.875 bits per heavy atom. The molecule has 9 heteroatoms. The van der Waals surface area contributed by atoms with Gasteiger partial charge in [-0.1, -0.05) is 72.8 Å². The van der Waals surface area contributed by atoms with Crippen LogP contribution in [0.15, 0.2) is 85.0 Å². The topological polar surface area (TPSA) is 114 Å². The van der Waals surface area contributed by atoms with Crippen LogP contribution in [0.25, 0.3) is 0 Å². The second-order valence-corrected chi connectivity index (χ2v) is 9.25. The van der Waals surface area contributed by atoms with Crippen molar-refractivity contribution in [3.05, 3.63) is 96.1 Å². The van der Waals surface area contributed by atoms with E-state index in [0.717, 1.165) is 11.1 Å². The van der Waals surface area contributed by atoms with Gasteiger partial charge in [-0.05, 0) is 37.0 Å². The molecule has 0 aliphatic carbocycles. The highest BCUT2D eigenvalue weighted by atomic mass is 16.5. The fraction of sp³-hybridized carbons (Fsp3) is 0.355. The molecule has 1 aliphatic heterocycles. The fourth-order valence-electron chi connectivity index (χ4n) is 4.17. The molecular formula is C31H37N3O6. The Morgan fingerprint density at radius 3 is 2.15 bits per heavy atom. The number of rotatable bonds is 13. The van der Waals surface area contributed by atoms with Crippen LogP contribution in [0.1, 0.15) is 24.5 Å². The van der Waals surface area contributed by atoms with Crippen LogP contribution in [0, 0.1) is 0 Å². The minimum atomic E-state index is -0.891. The second-order valence-electron chi connectivity index (χ2n) is 9.25. The molecule has 0 bridgehead atoms. The number of carbonyl (C=O) groups excluding carboxylic acids is 4. The number of esters is 1. The average Bonchev–Trinajstić information content (AvgIpc) is 2.98. The van der Waals surface area contributed by atoms with Crippen molar-refractivity contribution < 1.29 is 28.7 Å². The molecule has 2 N–H and O–H groups in total. The van der Waals surface area contributed by atoms with E-state index in [1.54, 1.807) is 11.8 Å². The van der Waals surface area contributed by atoms with Crippen molar-refractivity contribution >= 4 is 23.7 Å². The number of nitrogens with zero attached hydrogens (tertiary/aromatic N) is 1. The van der Waals surface area contributed by atoms with Crippen LogP contribution < -0.4 is 10.6 Å². The molecule has 1 aliphatic rings. The summed E-state index contributed by atoms with van der Waals surface area (Å²) in [5.41, 5.74) is 1.91. The van der Waals surface area contributed by atoms with Gasteiger partial charge in [0, 0.05) is 25.6 Å². The van der Waals surface area contributed by atoms with Gasteiger partial charge < -0.3 is 25.0 Å². The number of ketones is 1. The summed E-state index contributed by atoms with van der Waals surface area (Å²) in [6.07, 6.45) is 6.60. The number of carbonyl (C=O) groups is 4. The van der Waals surface area contributed by atoms with E-state index in [2.05, 4.69) is 10.6 Å². The van der Waals surface area contributed by atoms with E-state index in [9.17, 15) is 19.2 Å². The van der Waals surface area contributed by atoms with Crippen molar-refractivity contribution in [3.63, 3.8) is 0 Å². The zero-order chi connectivity index (χ0) is 28.6. The highest BCUT2D eigenvalue weighted by molar-refractivity contribution is 5.98. The van der Waals surface area contributed by atoms with E-state index in [1.165, 1.54) is 24.3 Å². The van der Waals surface area contributed by atoms with Gasteiger partial charge in [0.2, 0.25) is 5.91 Å². The van der Waals surface area contributed by atoms with Crippen LogP contribution in [0.3, 0.4) is 0 Å². The van der Waals surface area contributed by atoms with E-state index in [4.69, 9.17) is 9.47 Å². The summed E-state index contributed by atoms with van der Waals surface area (Å²) >= 11 is 0. The quantitative estimate of drug-likeness (QED) is 0.226. The molecule has 3 amide bonds. The van der Waals surface area contributed by atoms with E-state index < -0.39 is 24.0 Å². The Kier molecular flexibility index (Phi) is 12.6. The van der Waals surface area contributed by atoms with Gasteiger partial charge in [0.1, 0.15) is 6.04 Å². The number of morpholine rings is 1. The third kappa shape index (κ3) is 10.5. The molecule has 0 aromatic heterocycles. The first-order valence-corrected chi connectivity index (χ1v) is 13.5. The molecule has 9 nitrogen and oxygen atoms in total. The van der Waals surface area contributed by atoms with Crippen LogP contribution >= 0.6 is 0 Å². The van der Waals surface area contributed by atoms with Gasteiger partial charge in [0.05, 0.1) is 25.9 Å². The Labute approximate surface area is 235 Å². The number of benzene rings is 2. The fourth-order valence-corrected chi connectivity index (χ4v) is 4.17. The predicted octanol–water partition coefficient (Wildman–Crippen LogP) is 3.00. The lowest BCUT2D eigenvalue weighted by atomic mass is 10.00. The van der Waals surface area contributed by atoms with E-state index in [0.29, 0.717) is 39.1 Å². The van der Waals surface area contributed by atoms with Gasteiger partial charge in [0.25, 0.3) is 0 Å². The lowest BCUT2D eigenvalue weighted by molar-refractivity contribution is -0.137. The van der Waals surface area contributed by atoms with Crippen molar-refractivity contribution in [1.29, 1.82) is 0 Å². The lowest BCUT2D eigenvalue weighted by Crippen LogP contribution is -2.56. The monoisotopic (exact) mass is 547 g/mol. The molecule has 0 saturated carbocycles. The zero-order valence-electron chi connectivity index (χ0n) is 22.8. The number of allylic oxidation sites excluding steroid dienone is 2. The molecule has 2 aromatic rings. The Hall–Kier alpha value is -4.24. The molecule has 0 spiro atoms. The van der Waals surface area contributed by atoms with Crippen molar-refractivity contribution in [2.24, 2.45) is 0 Å². The first kappa shape index (κ1) is 30.3. The normalized spacial score (nSPS) is 15.0. The molecule has 0 radical (unpaired) electrons. The number of ether oxygens (including phenoxy) is 2. The summed E-state index contributed by atoms with van der Waals surface area (Å²) in [5, 5.41) is 5.73. The van der Waals surface area contributed by atoms with Crippen molar-refractivity contribution in [3.8, 4) is 0 Å². The van der Waals surface area contributed by atoms with E-state index >= 15 is 0 Å². The third-order valence-electron chi connectivity index (χ3n) is 6.31. The molecule has 1 heterocycles. The molecule has 1 saturated heterocycles. The van der Waals surface area contributed by atoms with Crippen molar-refractivity contribution in [2.75, 3.05) is 32.9 Å². The van der Waals surface area contributed by atoms with Crippen molar-refractivity contribution in [1.82, 2.24) is 15.5 Å². The molecule has 1 fully saturated rings. The Balaban J connectivity index is 1.75. The largest absolute Gasteiger partial charge is 0.463 e. The van der Waals surface area contributed by atoms with Gasteiger partial charge in [-0.2, -0.15) is 0 Å². The third-order valence-corrected chi connectivity index (χ3v) is 6.31. The van der Waals surface area contributed by atoms with Gasteiger partial charge >= 0.3 is 12.0 Å². The average molecular weight is 548 g/mol. The summed E-state index contributed by atoms with van der Waals surface area (Å²) in [6, 6.07) is 17.0. The van der Waals surface area contributed by atoms with E-state index in [-0.39, 0.29) is 24.8 Å². The van der Waals surface area contributed by atoms with Crippen LogP contribution in [-0.2, 0) is 36.7 Å². The van der Waals surface area contributed by atoms with Gasteiger partial charge in [0.15, 0.2) is 5.78 Å². The first-order valence-electron chi connectivity index (χ1n) is 13.5. The minimum Gasteiger partial charge on any atom is -0.463 e. The summed E-state index contributed by atoms with van der Waals surface area (Å²) in [7, 11) is 0. The van der Waals surface area contributed by atoms with Crippen molar-refractivity contribution in [2.45, 2.75) is 38.3 Å². The summed E-state index contributed by atoms with van der Waals surface area (Å²) in [6.45, 7) is 3.72. The number of urea groups is 1. The highest BCUT2D eigenvalue weighted by Crippen LogP contribution is 2.10. The van der Waals surface area contributed by atoms with Gasteiger partial charge in [-0.25, -0.2) is 9.59 Å². The molecule has 212 valence electrons. The van der Waals surface area contributed by atoms with Crippen LogP contribution in [0.2, 0.25) is 0 Å². The maximum atomic E-state index is 13.6. The molecule has 2 atom stereocenters. The maximum absolute atomic E-state index is 13.6. The van der Waals surface area contributed by atoms with Gasteiger partial charge in [-0.3, -0.25) is 9.59 Å². The highest BCUT2D eigenvalue weighted by Gasteiger charge is 2.28. The Bertz CT molecular complexity index is 1160. The lowest BCUT2D eigenvalue weighted by Gasteiger charge is -2.29. The smallest absolute Gasteiger partial charge is 0.330 e. The summed E-state index contributed by atoms with van der Waals surface area (Å²) in [4.78, 5) is 52.8. The number of amides is 3. The SMILES string of the molecule is CCOC(=O)/C=C/C=C/C(=O)[C@H](CCc1ccccc1)NC(=O)[C@H](Cc1ccccc1)NC(=O)N1CCOCC1. The number of hydrogen-bond acceptors (Lipinski definition) is 6. The molecule has 3 rings (SSSR count). The maximum Gasteiger partial charge on any atom is 0.330 e. The molecule has 2 aromatic carbocycles. The number of aryl methyl sites for hydroxylation is 1. The Morgan fingerprint density at radius 2 is 1.50 bits per heavy atom. The molecular weight excluding hydrogens is 510 g/mol. The molecule has 40 heavy (non-hydrogen) atoms. The predicted molar refractivity (Wildman–Crippen MR) is 151 cm³/mol. The molecule has 0 unspecified atom stereocenters. The van der Waals surface area contributed by atoms with Gasteiger partial charge in [-0.15, -0.1) is 0 Å². The zero-order valence-corrected chi connectivity index (χ0v) is 22.8. The standard InChI is InChI=1S/C31H37N3O6/c1-2-40-29(36)16-10-9-15-28(35)26(18-17-24-11-5-3-6-12-24)32-30(37)27(23-25-13-7-4-8-14-25)33-31(38)34-19-21-39-22-20-34/h3-16,26-27H,2,17-23H2,1H3,(H,32,37)(H,33,38)/b15-9+,16-10+/t26-,27-/m0/s1. The number of nitrogens with one attached hydrogen (secondary N) is 2. The minimum absolute atomic E-state index is 0.256. The summed E-state index contributed by atoms with van der Waals surface area (Å²) < 4.78 is 10.2. The van der Waals surface area contributed by atoms with Crippen LogP contribution in [0.4, 0.5) is 4.79 Å².